The molecule has 0 spiro atoms. The number of amides is 1. The fourth-order valence-corrected chi connectivity index (χ4v) is 2.49. The Morgan fingerprint density at radius 3 is 2.44 bits per heavy atom. The van der Waals surface area contributed by atoms with Gasteiger partial charge in [0, 0.05) is 23.6 Å². The minimum atomic E-state index is -1.20. The van der Waals surface area contributed by atoms with Crippen molar-refractivity contribution in [2.75, 3.05) is 5.32 Å². The average molecular weight is 342 g/mol. The van der Waals surface area contributed by atoms with Gasteiger partial charge in [0.1, 0.15) is 0 Å². The summed E-state index contributed by atoms with van der Waals surface area (Å²) in [7, 11) is 0. The fraction of sp³-hybridized carbons (Fsp3) is 0.0556. The first-order valence-corrected chi connectivity index (χ1v) is 7.26. The topological polar surface area (TPSA) is 79.3 Å². The quantitative estimate of drug-likeness (QED) is 0.758. The van der Waals surface area contributed by atoms with Crippen molar-refractivity contribution in [1.82, 2.24) is 4.98 Å². The molecule has 0 aliphatic carbocycles. The van der Waals surface area contributed by atoms with E-state index < -0.39 is 17.6 Å². The normalized spacial score (nSPS) is 10.7. The van der Waals surface area contributed by atoms with Crippen LogP contribution in [0.15, 0.2) is 42.5 Å². The molecule has 0 bridgehead atoms. The minimum absolute atomic E-state index is 0.0584. The zero-order chi connectivity index (χ0) is 18.1. The summed E-state index contributed by atoms with van der Waals surface area (Å²) in [6, 6.07) is 9.16. The summed E-state index contributed by atoms with van der Waals surface area (Å²) in [5, 5.41) is 12.4. The van der Waals surface area contributed by atoms with Crippen molar-refractivity contribution in [3.8, 4) is 11.3 Å². The predicted molar refractivity (Wildman–Crippen MR) is 88.4 cm³/mol. The summed E-state index contributed by atoms with van der Waals surface area (Å²) in [4.78, 5) is 27.1. The molecule has 5 nitrogen and oxygen atoms in total. The summed E-state index contributed by atoms with van der Waals surface area (Å²) < 4.78 is 26.6. The molecule has 0 saturated carbocycles. The Hall–Kier alpha value is -3.35. The van der Waals surface area contributed by atoms with Crippen molar-refractivity contribution in [1.29, 1.82) is 0 Å². The van der Waals surface area contributed by atoms with Crippen molar-refractivity contribution in [2.45, 2.75) is 6.92 Å². The lowest BCUT2D eigenvalue weighted by molar-refractivity contribution is -0.114. The Labute approximate surface area is 140 Å². The van der Waals surface area contributed by atoms with E-state index in [1.165, 1.54) is 25.1 Å². The summed E-state index contributed by atoms with van der Waals surface area (Å²) in [5.41, 5.74) is 1.20. The highest BCUT2D eigenvalue weighted by Crippen LogP contribution is 2.28. The van der Waals surface area contributed by atoms with Gasteiger partial charge in [0.25, 0.3) is 0 Å². The number of benzene rings is 2. The molecule has 0 radical (unpaired) electrons. The zero-order valence-corrected chi connectivity index (χ0v) is 13.0. The molecule has 0 aliphatic rings. The molecule has 3 aromatic rings. The molecule has 0 atom stereocenters. The SMILES string of the molecule is CC(=O)Nc1ccc2nc(-c3ccc(F)c(F)c3)cc(C(=O)O)c2c1. The van der Waals surface area contributed by atoms with Gasteiger partial charge < -0.3 is 10.4 Å². The van der Waals surface area contributed by atoms with E-state index in [9.17, 15) is 23.5 Å². The number of rotatable bonds is 3. The molecule has 1 aromatic heterocycles. The average Bonchev–Trinajstić information content (AvgIpc) is 2.55. The molecule has 2 N–H and O–H groups in total. The Bertz CT molecular complexity index is 1020. The second-order valence-electron chi connectivity index (χ2n) is 5.40. The maximum atomic E-state index is 13.5. The smallest absolute Gasteiger partial charge is 0.336 e. The third-order valence-electron chi connectivity index (χ3n) is 3.57. The molecule has 1 amide bonds. The number of aromatic nitrogens is 1. The molecule has 0 fully saturated rings. The van der Waals surface area contributed by atoms with Crippen molar-refractivity contribution < 1.29 is 23.5 Å². The van der Waals surface area contributed by atoms with Crippen molar-refractivity contribution in [3.05, 3.63) is 59.7 Å². The molecule has 126 valence electrons. The minimum Gasteiger partial charge on any atom is -0.478 e. The van der Waals surface area contributed by atoms with Crippen molar-refractivity contribution in [3.63, 3.8) is 0 Å². The van der Waals surface area contributed by atoms with Crippen LogP contribution in [-0.4, -0.2) is 22.0 Å². The molecule has 2 aromatic carbocycles. The number of aromatic carboxylic acids is 1. The first-order chi connectivity index (χ1) is 11.8. The number of anilines is 1. The largest absolute Gasteiger partial charge is 0.478 e. The summed E-state index contributed by atoms with van der Waals surface area (Å²) >= 11 is 0. The van der Waals surface area contributed by atoms with Crippen LogP contribution in [-0.2, 0) is 4.79 Å². The first kappa shape index (κ1) is 16.5. The van der Waals surface area contributed by atoms with E-state index >= 15 is 0 Å². The number of hydrogen-bond donors (Lipinski definition) is 2. The summed E-state index contributed by atoms with van der Waals surface area (Å²) in [5.74, 6) is -3.53. The number of carbonyl (C=O) groups is 2. The highest BCUT2D eigenvalue weighted by Gasteiger charge is 2.15. The van der Waals surface area contributed by atoms with Gasteiger partial charge in [-0.1, -0.05) is 0 Å². The number of hydrogen-bond acceptors (Lipinski definition) is 3. The Kier molecular flexibility index (Phi) is 4.14. The summed E-state index contributed by atoms with van der Waals surface area (Å²) in [6.07, 6.45) is 0. The second-order valence-corrected chi connectivity index (χ2v) is 5.40. The van der Waals surface area contributed by atoms with Crippen LogP contribution in [0.25, 0.3) is 22.2 Å². The van der Waals surface area contributed by atoms with Gasteiger partial charge in [-0.15, -0.1) is 0 Å². The monoisotopic (exact) mass is 342 g/mol. The maximum Gasteiger partial charge on any atom is 0.336 e. The molecule has 1 heterocycles. The third-order valence-corrected chi connectivity index (χ3v) is 3.57. The van der Waals surface area contributed by atoms with Crippen LogP contribution >= 0.6 is 0 Å². The van der Waals surface area contributed by atoms with Gasteiger partial charge in [-0.3, -0.25) is 4.79 Å². The molecule has 7 heteroatoms. The highest BCUT2D eigenvalue weighted by atomic mass is 19.2. The van der Waals surface area contributed by atoms with E-state index in [1.54, 1.807) is 12.1 Å². The Balaban J connectivity index is 2.21. The number of pyridine rings is 1. The van der Waals surface area contributed by atoms with Crippen LogP contribution in [0.1, 0.15) is 17.3 Å². The molecular formula is C18H12F2N2O3. The van der Waals surface area contributed by atoms with Crippen LogP contribution in [0.3, 0.4) is 0 Å². The van der Waals surface area contributed by atoms with Crippen molar-refractivity contribution in [2.24, 2.45) is 0 Å². The van der Waals surface area contributed by atoms with Gasteiger partial charge in [0.05, 0.1) is 16.8 Å². The van der Waals surface area contributed by atoms with Crippen LogP contribution in [0.2, 0.25) is 0 Å². The molecule has 3 rings (SSSR count). The Morgan fingerprint density at radius 2 is 1.80 bits per heavy atom. The third kappa shape index (κ3) is 3.30. The number of carboxylic acid groups (broad SMARTS) is 1. The van der Waals surface area contributed by atoms with Gasteiger partial charge in [0.15, 0.2) is 11.6 Å². The lowest BCUT2D eigenvalue weighted by Gasteiger charge is -2.09. The first-order valence-electron chi connectivity index (χ1n) is 7.26. The Morgan fingerprint density at radius 1 is 1.04 bits per heavy atom. The van der Waals surface area contributed by atoms with E-state index in [-0.39, 0.29) is 22.7 Å². The van der Waals surface area contributed by atoms with Gasteiger partial charge in [-0.05, 0) is 42.5 Å². The predicted octanol–water partition coefficient (Wildman–Crippen LogP) is 3.84. The lowest BCUT2D eigenvalue weighted by atomic mass is 10.0. The molecule has 0 unspecified atom stereocenters. The van der Waals surface area contributed by atoms with Gasteiger partial charge in [-0.25, -0.2) is 18.6 Å². The van der Waals surface area contributed by atoms with E-state index in [4.69, 9.17) is 0 Å². The van der Waals surface area contributed by atoms with Gasteiger partial charge in [0.2, 0.25) is 5.91 Å². The van der Waals surface area contributed by atoms with Crippen LogP contribution < -0.4 is 5.32 Å². The van der Waals surface area contributed by atoms with E-state index in [2.05, 4.69) is 10.3 Å². The van der Waals surface area contributed by atoms with E-state index in [0.717, 1.165) is 12.1 Å². The molecule has 0 aliphatic heterocycles. The summed E-state index contributed by atoms with van der Waals surface area (Å²) in [6.45, 7) is 1.34. The number of nitrogens with zero attached hydrogens (tertiary/aromatic N) is 1. The number of carboxylic acids is 1. The number of fused-ring (bicyclic) bond motifs is 1. The van der Waals surface area contributed by atoms with Gasteiger partial charge >= 0.3 is 5.97 Å². The zero-order valence-electron chi connectivity index (χ0n) is 13.0. The molecule has 25 heavy (non-hydrogen) atoms. The van der Waals surface area contributed by atoms with Crippen LogP contribution in [0.4, 0.5) is 14.5 Å². The van der Waals surface area contributed by atoms with Gasteiger partial charge in [-0.2, -0.15) is 0 Å². The van der Waals surface area contributed by atoms with Crippen molar-refractivity contribution >= 4 is 28.5 Å². The van der Waals surface area contributed by atoms with E-state index in [0.29, 0.717) is 16.6 Å². The fourth-order valence-electron chi connectivity index (χ4n) is 2.49. The number of nitrogens with one attached hydrogen (secondary N) is 1. The second kappa shape index (κ2) is 6.27. The standard InChI is InChI=1S/C18H12F2N2O3/c1-9(23)21-11-3-5-16-12(7-11)13(18(24)25)8-17(22-16)10-2-4-14(19)15(20)6-10/h2-8H,1H3,(H,21,23)(H,24,25). The number of carbonyl (C=O) groups excluding carboxylic acids is 1. The van der Waals surface area contributed by atoms with E-state index in [1.807, 2.05) is 0 Å². The number of halogens is 2. The maximum absolute atomic E-state index is 13.5. The van der Waals surface area contributed by atoms with Crippen LogP contribution in [0.5, 0.6) is 0 Å². The van der Waals surface area contributed by atoms with Crippen LogP contribution in [0, 0.1) is 11.6 Å². The highest BCUT2D eigenvalue weighted by molar-refractivity contribution is 6.05. The molecular weight excluding hydrogens is 330 g/mol. The molecule has 0 saturated heterocycles. The lowest BCUT2D eigenvalue weighted by Crippen LogP contribution is -2.06.